The molecule has 1 fully saturated rings. The normalized spacial score (nSPS) is 19.2. The minimum atomic E-state index is -0.281. The molecule has 0 N–H and O–H groups in total. The Labute approximate surface area is 173 Å². The molecule has 3 heterocycles. The number of halogens is 1. The Morgan fingerprint density at radius 2 is 2.04 bits per heavy atom. The molecule has 2 aliphatic heterocycles. The maximum atomic E-state index is 13.1. The van der Waals surface area contributed by atoms with Crippen LogP contribution in [0.25, 0.3) is 5.57 Å². The average Bonchev–Trinajstić information content (AvgIpc) is 3.31. The fourth-order valence-electron chi connectivity index (χ4n) is 3.08. The third-order valence-corrected chi connectivity index (χ3v) is 6.20. The van der Waals surface area contributed by atoms with Crippen LogP contribution >= 0.6 is 39.9 Å². The maximum absolute atomic E-state index is 13.1. The van der Waals surface area contributed by atoms with Crippen LogP contribution in [0.2, 0.25) is 0 Å². The van der Waals surface area contributed by atoms with Crippen molar-refractivity contribution in [2.75, 3.05) is 11.4 Å². The number of carbonyl (C=O) groups is 2. The third-order valence-electron chi connectivity index (χ3n) is 4.26. The molecule has 2 aliphatic rings. The first-order chi connectivity index (χ1) is 13.0. The van der Waals surface area contributed by atoms with Gasteiger partial charge in [-0.25, -0.2) is 0 Å². The lowest BCUT2D eigenvalue weighted by atomic mass is 10.1. The van der Waals surface area contributed by atoms with Gasteiger partial charge in [-0.05, 0) is 30.3 Å². The van der Waals surface area contributed by atoms with E-state index in [9.17, 15) is 9.59 Å². The number of hydrogen-bond donors (Lipinski definition) is 0. The zero-order valence-electron chi connectivity index (χ0n) is 14.0. The van der Waals surface area contributed by atoms with Crippen LogP contribution in [0.1, 0.15) is 11.3 Å². The highest BCUT2D eigenvalue weighted by molar-refractivity contribution is 9.10. The van der Waals surface area contributed by atoms with E-state index >= 15 is 0 Å². The molecule has 0 aliphatic carbocycles. The lowest BCUT2D eigenvalue weighted by Gasteiger charge is -2.14. The van der Waals surface area contributed by atoms with Crippen molar-refractivity contribution in [3.05, 3.63) is 70.0 Å². The van der Waals surface area contributed by atoms with Crippen molar-refractivity contribution >= 4 is 67.3 Å². The SMILES string of the molecule is C=CCN1C(=O)C(=C2SC(=S)N(Cc3ccco3)C2=O)c2cc(Br)ccc21. The highest BCUT2D eigenvalue weighted by Crippen LogP contribution is 2.45. The number of rotatable bonds is 4. The molecule has 2 amide bonds. The molecule has 136 valence electrons. The first kappa shape index (κ1) is 18.2. The van der Waals surface area contributed by atoms with Crippen LogP contribution in [0.5, 0.6) is 0 Å². The van der Waals surface area contributed by atoms with E-state index in [1.54, 1.807) is 29.4 Å². The van der Waals surface area contributed by atoms with Crippen molar-refractivity contribution in [2.45, 2.75) is 6.54 Å². The fourth-order valence-corrected chi connectivity index (χ4v) is 4.77. The van der Waals surface area contributed by atoms with E-state index in [1.807, 2.05) is 18.2 Å². The van der Waals surface area contributed by atoms with Gasteiger partial charge in [0.2, 0.25) is 0 Å². The number of benzene rings is 1. The number of hydrogen-bond acceptors (Lipinski definition) is 5. The smallest absolute Gasteiger partial charge is 0.267 e. The van der Waals surface area contributed by atoms with Crippen LogP contribution in [-0.2, 0) is 16.1 Å². The summed E-state index contributed by atoms with van der Waals surface area (Å²) in [5, 5.41) is 0. The van der Waals surface area contributed by atoms with E-state index in [0.29, 0.717) is 27.1 Å². The Morgan fingerprint density at radius 1 is 1.22 bits per heavy atom. The van der Waals surface area contributed by atoms with Gasteiger partial charge in [0.1, 0.15) is 10.1 Å². The van der Waals surface area contributed by atoms with Crippen molar-refractivity contribution in [1.82, 2.24) is 4.90 Å². The minimum absolute atomic E-state index is 0.221. The molecule has 0 radical (unpaired) electrons. The Balaban J connectivity index is 1.79. The van der Waals surface area contributed by atoms with Gasteiger partial charge in [0, 0.05) is 16.6 Å². The van der Waals surface area contributed by atoms with Crippen LogP contribution in [-0.4, -0.2) is 27.6 Å². The average molecular weight is 461 g/mol. The minimum Gasteiger partial charge on any atom is -0.467 e. The number of amides is 2. The molecule has 5 nitrogen and oxygen atoms in total. The Morgan fingerprint density at radius 3 is 2.74 bits per heavy atom. The second-order valence-electron chi connectivity index (χ2n) is 5.91. The highest BCUT2D eigenvalue weighted by atomic mass is 79.9. The molecule has 0 spiro atoms. The van der Waals surface area contributed by atoms with Gasteiger partial charge in [-0.15, -0.1) is 6.58 Å². The van der Waals surface area contributed by atoms with Crippen molar-refractivity contribution in [3.8, 4) is 0 Å². The van der Waals surface area contributed by atoms with Crippen molar-refractivity contribution in [3.63, 3.8) is 0 Å². The van der Waals surface area contributed by atoms with E-state index in [1.165, 1.54) is 4.90 Å². The van der Waals surface area contributed by atoms with Crippen LogP contribution in [0.15, 0.2) is 63.0 Å². The van der Waals surface area contributed by atoms with Gasteiger partial charge in [-0.3, -0.25) is 14.5 Å². The molecule has 0 unspecified atom stereocenters. The summed E-state index contributed by atoms with van der Waals surface area (Å²) in [5.41, 5.74) is 1.86. The van der Waals surface area contributed by atoms with Crippen molar-refractivity contribution in [2.24, 2.45) is 0 Å². The van der Waals surface area contributed by atoms with E-state index in [4.69, 9.17) is 16.6 Å². The third kappa shape index (κ3) is 3.07. The number of thioether (sulfide) groups is 1. The number of anilines is 1. The van der Waals surface area contributed by atoms with E-state index in [-0.39, 0.29) is 18.4 Å². The summed E-state index contributed by atoms with van der Waals surface area (Å²) in [4.78, 5) is 29.6. The molecule has 1 aromatic heterocycles. The predicted molar refractivity (Wildman–Crippen MR) is 113 cm³/mol. The topological polar surface area (TPSA) is 53.8 Å². The molecule has 2 aromatic rings. The van der Waals surface area contributed by atoms with Gasteiger partial charge >= 0.3 is 0 Å². The molecule has 1 aromatic carbocycles. The van der Waals surface area contributed by atoms with E-state index in [0.717, 1.165) is 27.5 Å². The summed E-state index contributed by atoms with van der Waals surface area (Å²) in [6.45, 7) is 4.33. The molecule has 0 bridgehead atoms. The number of furan rings is 1. The molecular weight excluding hydrogens is 448 g/mol. The molecule has 0 saturated carbocycles. The van der Waals surface area contributed by atoms with Gasteiger partial charge in [0.05, 0.1) is 29.0 Å². The summed E-state index contributed by atoms with van der Waals surface area (Å²) in [6.07, 6.45) is 3.21. The molecule has 27 heavy (non-hydrogen) atoms. The standard InChI is InChI=1S/C19H13BrN2O3S2/c1-2-7-21-14-6-5-11(20)9-13(14)15(17(21)23)16-18(24)22(19(26)27-16)10-12-4-3-8-25-12/h2-6,8-9H,1,7,10H2. The Kier molecular flexibility index (Phi) is 4.79. The number of carbonyl (C=O) groups excluding carboxylic acids is 2. The lowest BCUT2D eigenvalue weighted by Crippen LogP contribution is -2.29. The second kappa shape index (κ2) is 7.10. The van der Waals surface area contributed by atoms with Crippen molar-refractivity contribution < 1.29 is 14.0 Å². The molecule has 8 heteroatoms. The molecule has 0 atom stereocenters. The molecule has 1 saturated heterocycles. The summed E-state index contributed by atoms with van der Waals surface area (Å²) in [5.74, 6) is 0.129. The van der Waals surface area contributed by atoms with Crippen LogP contribution in [0.3, 0.4) is 0 Å². The lowest BCUT2D eigenvalue weighted by molar-refractivity contribution is -0.123. The van der Waals surface area contributed by atoms with Gasteiger partial charge < -0.3 is 9.32 Å². The van der Waals surface area contributed by atoms with Crippen LogP contribution in [0.4, 0.5) is 5.69 Å². The summed E-state index contributed by atoms with van der Waals surface area (Å²) >= 11 is 9.99. The number of fused-ring (bicyclic) bond motifs is 1. The summed E-state index contributed by atoms with van der Waals surface area (Å²) < 4.78 is 6.56. The number of nitrogens with zero attached hydrogens (tertiary/aromatic N) is 2. The van der Waals surface area contributed by atoms with Crippen molar-refractivity contribution in [1.29, 1.82) is 0 Å². The molecule has 4 rings (SSSR count). The first-order valence-electron chi connectivity index (χ1n) is 8.04. The molecular formula is C19H13BrN2O3S2. The summed E-state index contributed by atoms with van der Waals surface area (Å²) in [6, 6.07) is 9.12. The number of thiocarbonyl (C=S) groups is 1. The monoisotopic (exact) mass is 460 g/mol. The largest absolute Gasteiger partial charge is 0.467 e. The van der Waals surface area contributed by atoms with Gasteiger partial charge in [0.25, 0.3) is 11.8 Å². The maximum Gasteiger partial charge on any atom is 0.267 e. The zero-order chi connectivity index (χ0) is 19.1. The van der Waals surface area contributed by atoms with E-state index in [2.05, 4.69) is 22.5 Å². The van der Waals surface area contributed by atoms with Crippen LogP contribution in [0, 0.1) is 0 Å². The summed E-state index contributed by atoms with van der Waals surface area (Å²) in [7, 11) is 0. The predicted octanol–water partition coefficient (Wildman–Crippen LogP) is 4.35. The Bertz CT molecular complexity index is 1010. The van der Waals surface area contributed by atoms with Gasteiger partial charge in [-0.1, -0.05) is 46.0 Å². The van der Waals surface area contributed by atoms with Gasteiger partial charge in [0.15, 0.2) is 0 Å². The first-order valence-corrected chi connectivity index (χ1v) is 10.1. The highest BCUT2D eigenvalue weighted by Gasteiger charge is 2.42. The second-order valence-corrected chi connectivity index (χ2v) is 8.47. The Hall–Kier alpha value is -2.16. The quantitative estimate of drug-likeness (QED) is 0.385. The fraction of sp³-hybridized carbons (Fsp3) is 0.105. The van der Waals surface area contributed by atoms with E-state index < -0.39 is 0 Å². The zero-order valence-corrected chi connectivity index (χ0v) is 17.2. The van der Waals surface area contributed by atoms with Crippen LogP contribution < -0.4 is 4.90 Å². The van der Waals surface area contributed by atoms with Gasteiger partial charge in [-0.2, -0.15) is 0 Å².